The zero-order chi connectivity index (χ0) is 15.6. The van der Waals surface area contributed by atoms with Crippen LogP contribution in [0.4, 0.5) is 23.2 Å². The molecular weight excluding hydrogens is 284 g/mol. The highest BCUT2D eigenvalue weighted by Crippen LogP contribution is 2.35. The summed E-state index contributed by atoms with van der Waals surface area (Å²) in [5.41, 5.74) is -0.750. The lowest BCUT2D eigenvalue weighted by Gasteiger charge is -2.21. The first-order valence-electron chi connectivity index (χ1n) is 7.12. The molecule has 1 atom stereocenters. The number of nitrogens with one attached hydrogen (secondary N) is 1. The van der Waals surface area contributed by atoms with Gasteiger partial charge in [-0.25, -0.2) is 4.39 Å². The third kappa shape index (κ3) is 4.09. The zero-order valence-corrected chi connectivity index (χ0v) is 12.2. The minimum absolute atomic E-state index is 0.390. The number of rotatable bonds is 4. The fourth-order valence-corrected chi connectivity index (χ4v) is 2.56. The Balaban J connectivity index is 2.06. The average molecular weight is 304 g/mol. The number of benzene rings is 1. The van der Waals surface area contributed by atoms with Crippen LogP contribution in [0.2, 0.25) is 0 Å². The van der Waals surface area contributed by atoms with Gasteiger partial charge in [-0.3, -0.25) is 0 Å². The van der Waals surface area contributed by atoms with E-state index in [2.05, 4.69) is 19.2 Å². The lowest BCUT2D eigenvalue weighted by atomic mass is 10.1. The van der Waals surface area contributed by atoms with E-state index in [0.29, 0.717) is 30.7 Å². The molecule has 1 aromatic rings. The summed E-state index contributed by atoms with van der Waals surface area (Å²) in [6, 6.07) is 3.62. The topological polar surface area (TPSA) is 15.3 Å². The molecule has 0 saturated carbocycles. The molecule has 0 bridgehead atoms. The van der Waals surface area contributed by atoms with Crippen LogP contribution < -0.4 is 10.2 Å². The van der Waals surface area contributed by atoms with Gasteiger partial charge in [-0.1, -0.05) is 13.8 Å². The molecule has 1 saturated heterocycles. The Hall–Kier alpha value is -1.30. The highest BCUT2D eigenvalue weighted by molar-refractivity contribution is 5.50. The van der Waals surface area contributed by atoms with Gasteiger partial charge in [0.2, 0.25) is 0 Å². The first-order chi connectivity index (χ1) is 9.77. The van der Waals surface area contributed by atoms with Crippen LogP contribution in [0.5, 0.6) is 0 Å². The Morgan fingerprint density at radius 3 is 2.67 bits per heavy atom. The van der Waals surface area contributed by atoms with Gasteiger partial charge in [-0.15, -0.1) is 0 Å². The Labute approximate surface area is 122 Å². The number of hydrogen-bond acceptors (Lipinski definition) is 2. The third-order valence-electron chi connectivity index (χ3n) is 3.72. The first kappa shape index (κ1) is 16.1. The second-order valence-corrected chi connectivity index (χ2v) is 5.83. The van der Waals surface area contributed by atoms with Crippen LogP contribution >= 0.6 is 0 Å². The van der Waals surface area contributed by atoms with Crippen molar-refractivity contribution >= 4 is 5.69 Å². The fraction of sp³-hybridized carbons (Fsp3) is 0.600. The molecule has 0 spiro atoms. The second kappa shape index (κ2) is 6.22. The molecule has 0 aromatic heterocycles. The van der Waals surface area contributed by atoms with Crippen molar-refractivity contribution in [1.29, 1.82) is 0 Å². The minimum Gasteiger partial charge on any atom is -0.371 e. The van der Waals surface area contributed by atoms with E-state index in [1.165, 1.54) is 6.07 Å². The number of hydrogen-bond donors (Lipinski definition) is 1. The van der Waals surface area contributed by atoms with Gasteiger partial charge in [0, 0.05) is 24.8 Å². The Morgan fingerprint density at radius 1 is 1.33 bits per heavy atom. The minimum atomic E-state index is -4.65. The molecule has 1 heterocycles. The molecule has 1 N–H and O–H groups in total. The van der Waals surface area contributed by atoms with Crippen LogP contribution in [0.25, 0.3) is 0 Å². The first-order valence-corrected chi connectivity index (χ1v) is 7.12. The van der Waals surface area contributed by atoms with Gasteiger partial charge in [0.15, 0.2) is 0 Å². The maximum absolute atomic E-state index is 13.3. The van der Waals surface area contributed by atoms with Crippen LogP contribution in [-0.4, -0.2) is 25.7 Å². The van der Waals surface area contributed by atoms with Crippen molar-refractivity contribution in [2.75, 3.05) is 24.5 Å². The summed E-state index contributed by atoms with van der Waals surface area (Å²) in [4.78, 5) is 1.89. The van der Waals surface area contributed by atoms with E-state index < -0.39 is 17.6 Å². The maximum atomic E-state index is 13.3. The molecule has 0 aliphatic carbocycles. The predicted octanol–water partition coefficient (Wildman–Crippen LogP) is 3.67. The summed E-state index contributed by atoms with van der Waals surface area (Å²) in [6.45, 7) is 6.36. The molecule has 1 aromatic carbocycles. The summed E-state index contributed by atoms with van der Waals surface area (Å²) in [5, 5.41) is 3.34. The van der Waals surface area contributed by atoms with Crippen LogP contribution in [0.3, 0.4) is 0 Å². The van der Waals surface area contributed by atoms with E-state index in [1.54, 1.807) is 0 Å². The van der Waals surface area contributed by atoms with Crippen molar-refractivity contribution in [3.63, 3.8) is 0 Å². The van der Waals surface area contributed by atoms with Gasteiger partial charge < -0.3 is 10.2 Å². The standard InChI is InChI=1S/C15H20F4N2/c1-10(2)20-8-11-5-6-21(9-11)12-3-4-14(16)13(7-12)15(17,18)19/h3-4,7,10-11,20H,5-6,8-9H2,1-2H3. The lowest BCUT2D eigenvalue weighted by molar-refractivity contribution is -0.139. The van der Waals surface area contributed by atoms with Gasteiger partial charge in [0.05, 0.1) is 5.56 Å². The van der Waals surface area contributed by atoms with Crippen molar-refractivity contribution < 1.29 is 17.6 Å². The maximum Gasteiger partial charge on any atom is 0.419 e. The normalized spacial score (nSPS) is 19.6. The van der Waals surface area contributed by atoms with Crippen molar-refractivity contribution in [2.45, 2.75) is 32.5 Å². The fourth-order valence-electron chi connectivity index (χ4n) is 2.56. The number of anilines is 1. The molecule has 1 aliphatic rings. The van der Waals surface area contributed by atoms with Gasteiger partial charge in [-0.2, -0.15) is 13.2 Å². The van der Waals surface area contributed by atoms with Gasteiger partial charge >= 0.3 is 6.18 Å². The Morgan fingerprint density at radius 2 is 2.05 bits per heavy atom. The molecule has 1 aliphatic heterocycles. The molecule has 2 rings (SSSR count). The van der Waals surface area contributed by atoms with Crippen LogP contribution in [-0.2, 0) is 6.18 Å². The highest BCUT2D eigenvalue weighted by atomic mass is 19.4. The van der Waals surface area contributed by atoms with Gasteiger partial charge in [0.1, 0.15) is 5.82 Å². The zero-order valence-electron chi connectivity index (χ0n) is 12.2. The summed E-state index contributed by atoms with van der Waals surface area (Å²) < 4.78 is 51.5. The number of alkyl halides is 3. The van der Waals surface area contributed by atoms with E-state index in [1.807, 2.05) is 4.90 Å². The third-order valence-corrected chi connectivity index (χ3v) is 3.72. The van der Waals surface area contributed by atoms with Crippen molar-refractivity contribution in [3.05, 3.63) is 29.6 Å². The SMILES string of the molecule is CC(C)NCC1CCN(c2ccc(F)c(C(F)(F)F)c2)C1. The number of nitrogens with zero attached hydrogens (tertiary/aromatic N) is 1. The summed E-state index contributed by atoms with van der Waals surface area (Å²) >= 11 is 0. The Kier molecular flexibility index (Phi) is 4.76. The molecule has 1 fully saturated rings. The quantitative estimate of drug-likeness (QED) is 0.854. The van der Waals surface area contributed by atoms with Crippen LogP contribution in [0.15, 0.2) is 18.2 Å². The predicted molar refractivity (Wildman–Crippen MR) is 74.9 cm³/mol. The van der Waals surface area contributed by atoms with Crippen LogP contribution in [0, 0.1) is 11.7 Å². The summed E-state index contributed by atoms with van der Waals surface area (Å²) in [6.07, 6.45) is -3.73. The van der Waals surface area contributed by atoms with E-state index in [-0.39, 0.29) is 0 Å². The van der Waals surface area contributed by atoms with Gasteiger partial charge in [0.25, 0.3) is 0 Å². The Bertz CT molecular complexity index is 485. The highest BCUT2D eigenvalue weighted by Gasteiger charge is 2.35. The average Bonchev–Trinajstić information content (AvgIpc) is 2.84. The van der Waals surface area contributed by atoms with Crippen molar-refractivity contribution in [2.24, 2.45) is 5.92 Å². The molecule has 6 heteroatoms. The van der Waals surface area contributed by atoms with E-state index >= 15 is 0 Å². The van der Waals surface area contributed by atoms with Crippen LogP contribution in [0.1, 0.15) is 25.8 Å². The molecule has 21 heavy (non-hydrogen) atoms. The molecule has 118 valence electrons. The van der Waals surface area contributed by atoms with Crippen molar-refractivity contribution in [3.8, 4) is 0 Å². The monoisotopic (exact) mass is 304 g/mol. The largest absolute Gasteiger partial charge is 0.419 e. The number of halogens is 4. The summed E-state index contributed by atoms with van der Waals surface area (Å²) in [7, 11) is 0. The molecule has 0 radical (unpaired) electrons. The summed E-state index contributed by atoms with van der Waals surface area (Å²) in [5.74, 6) is -0.810. The lowest BCUT2D eigenvalue weighted by Crippen LogP contribution is -2.30. The van der Waals surface area contributed by atoms with E-state index in [9.17, 15) is 17.6 Å². The second-order valence-electron chi connectivity index (χ2n) is 5.83. The molecule has 0 amide bonds. The smallest absolute Gasteiger partial charge is 0.371 e. The molecule has 1 unspecified atom stereocenters. The molecular formula is C15H20F4N2. The van der Waals surface area contributed by atoms with Crippen molar-refractivity contribution in [1.82, 2.24) is 5.32 Å². The molecule has 2 nitrogen and oxygen atoms in total. The van der Waals surface area contributed by atoms with Gasteiger partial charge in [-0.05, 0) is 37.1 Å². The van der Waals surface area contributed by atoms with E-state index in [4.69, 9.17) is 0 Å². The van der Waals surface area contributed by atoms with E-state index in [0.717, 1.165) is 25.1 Å².